The van der Waals surface area contributed by atoms with Gasteiger partial charge in [-0.25, -0.2) is 0 Å². The fourth-order valence-corrected chi connectivity index (χ4v) is 4.52. The number of carbonyl (C=O) groups excluding carboxylic acids is 1. The maximum absolute atomic E-state index is 12.6. The van der Waals surface area contributed by atoms with Gasteiger partial charge in [-0.05, 0) is 75.4 Å². The second-order valence-electron chi connectivity index (χ2n) is 8.63. The molecule has 2 N–H and O–H groups in total. The zero-order chi connectivity index (χ0) is 20.9. The maximum Gasteiger partial charge on any atom is 0.255 e. The van der Waals surface area contributed by atoms with Gasteiger partial charge in [-0.15, -0.1) is 0 Å². The Morgan fingerprint density at radius 2 is 1.60 bits per heavy atom. The van der Waals surface area contributed by atoms with E-state index in [1.807, 2.05) is 44.2 Å². The Morgan fingerprint density at radius 1 is 0.933 bits per heavy atom. The molecule has 30 heavy (non-hydrogen) atoms. The van der Waals surface area contributed by atoms with E-state index >= 15 is 0 Å². The zero-order valence-corrected chi connectivity index (χ0v) is 18.1. The quantitative estimate of drug-likeness (QED) is 0.776. The van der Waals surface area contributed by atoms with Crippen molar-refractivity contribution in [2.75, 3.05) is 36.5 Å². The lowest BCUT2D eigenvalue weighted by Gasteiger charge is -2.36. The highest BCUT2D eigenvalue weighted by Gasteiger charge is 2.23. The van der Waals surface area contributed by atoms with Crippen LogP contribution in [0.5, 0.6) is 0 Å². The highest BCUT2D eigenvalue weighted by atomic mass is 16.5. The number of rotatable bonds is 5. The molecule has 2 saturated heterocycles. The average Bonchev–Trinajstić information content (AvgIpc) is 2.75. The fourth-order valence-electron chi connectivity index (χ4n) is 4.52. The minimum atomic E-state index is -0.0553. The van der Waals surface area contributed by atoms with Gasteiger partial charge in [-0.2, -0.15) is 0 Å². The number of nitrogens with zero attached hydrogens (tertiary/aromatic N) is 1. The normalized spacial score (nSPS) is 18.4. The molecule has 0 saturated carbocycles. The van der Waals surface area contributed by atoms with Crippen molar-refractivity contribution in [1.82, 2.24) is 5.32 Å². The Bertz CT molecular complexity index is 851. The van der Waals surface area contributed by atoms with Crippen molar-refractivity contribution in [3.05, 3.63) is 59.2 Å². The molecule has 4 rings (SSSR count). The molecule has 2 fully saturated rings. The summed E-state index contributed by atoms with van der Waals surface area (Å²) in [6.45, 7) is 7.93. The van der Waals surface area contributed by atoms with E-state index in [9.17, 15) is 4.79 Å². The Morgan fingerprint density at radius 3 is 2.27 bits per heavy atom. The minimum Gasteiger partial charge on any atom is -0.381 e. The van der Waals surface area contributed by atoms with Crippen LogP contribution in [0.15, 0.2) is 42.5 Å². The summed E-state index contributed by atoms with van der Waals surface area (Å²) in [7, 11) is 0. The highest BCUT2D eigenvalue weighted by Crippen LogP contribution is 2.23. The van der Waals surface area contributed by atoms with Gasteiger partial charge in [0.2, 0.25) is 0 Å². The van der Waals surface area contributed by atoms with Crippen molar-refractivity contribution >= 4 is 17.3 Å². The van der Waals surface area contributed by atoms with Crippen molar-refractivity contribution in [1.29, 1.82) is 0 Å². The molecule has 5 nitrogen and oxygen atoms in total. The lowest BCUT2D eigenvalue weighted by atomic mass is 10.0. The third-order valence-corrected chi connectivity index (χ3v) is 6.30. The van der Waals surface area contributed by atoms with Crippen molar-refractivity contribution in [2.24, 2.45) is 0 Å². The predicted molar refractivity (Wildman–Crippen MR) is 123 cm³/mol. The molecule has 2 heterocycles. The molecule has 0 atom stereocenters. The molecule has 0 radical (unpaired) electrons. The smallest absolute Gasteiger partial charge is 0.255 e. The number of hydrogen-bond donors (Lipinski definition) is 2. The Hall–Kier alpha value is -2.37. The van der Waals surface area contributed by atoms with Crippen LogP contribution in [0, 0.1) is 13.8 Å². The third kappa shape index (κ3) is 5.21. The summed E-state index contributed by atoms with van der Waals surface area (Å²) in [5.41, 5.74) is 4.95. The number of nitrogens with one attached hydrogen (secondary N) is 2. The van der Waals surface area contributed by atoms with Gasteiger partial charge < -0.3 is 20.3 Å². The second kappa shape index (κ2) is 9.63. The van der Waals surface area contributed by atoms with Gasteiger partial charge in [-0.1, -0.05) is 17.7 Å². The number of hydrogen-bond acceptors (Lipinski definition) is 4. The van der Waals surface area contributed by atoms with Crippen LogP contribution in [-0.4, -0.2) is 44.3 Å². The van der Waals surface area contributed by atoms with Crippen molar-refractivity contribution in [2.45, 2.75) is 51.6 Å². The number of anilines is 2. The minimum absolute atomic E-state index is 0.0553. The number of piperidine rings is 1. The van der Waals surface area contributed by atoms with E-state index in [0.29, 0.717) is 12.1 Å². The summed E-state index contributed by atoms with van der Waals surface area (Å²) in [6.07, 6.45) is 4.61. The standard InChI is InChI=1S/C25H33N3O2/c1-18-3-8-24(19(2)17-18)25(29)27-20-4-6-23(7-5-20)28-13-9-21(10-14-28)26-22-11-15-30-16-12-22/h3-8,17,21-22,26H,9-16H2,1-2H3,(H,27,29). The summed E-state index contributed by atoms with van der Waals surface area (Å²) in [5.74, 6) is -0.0553. The predicted octanol–water partition coefficient (Wildman–Crippen LogP) is 4.29. The summed E-state index contributed by atoms with van der Waals surface area (Å²) in [5, 5.41) is 6.85. The van der Waals surface area contributed by atoms with Crippen LogP contribution in [0.25, 0.3) is 0 Å². The van der Waals surface area contributed by atoms with E-state index in [1.165, 1.54) is 24.1 Å². The molecular formula is C25H33N3O2. The number of benzene rings is 2. The Balaban J connectivity index is 1.29. The van der Waals surface area contributed by atoms with Gasteiger partial charge in [0.05, 0.1) is 0 Å². The molecular weight excluding hydrogens is 374 g/mol. The first kappa shape index (κ1) is 20.9. The van der Waals surface area contributed by atoms with Crippen LogP contribution >= 0.6 is 0 Å². The molecule has 0 unspecified atom stereocenters. The largest absolute Gasteiger partial charge is 0.381 e. The first-order valence-electron chi connectivity index (χ1n) is 11.2. The van der Waals surface area contributed by atoms with E-state index < -0.39 is 0 Å². The topological polar surface area (TPSA) is 53.6 Å². The Labute approximate surface area is 179 Å². The number of amides is 1. The monoisotopic (exact) mass is 407 g/mol. The maximum atomic E-state index is 12.6. The van der Waals surface area contributed by atoms with Crippen LogP contribution in [0.4, 0.5) is 11.4 Å². The molecule has 2 aromatic rings. The summed E-state index contributed by atoms with van der Waals surface area (Å²) < 4.78 is 5.46. The van der Waals surface area contributed by atoms with Crippen LogP contribution in [0.2, 0.25) is 0 Å². The van der Waals surface area contributed by atoms with Crippen LogP contribution in [0.3, 0.4) is 0 Å². The van der Waals surface area contributed by atoms with Crippen LogP contribution in [-0.2, 0) is 4.74 Å². The van der Waals surface area contributed by atoms with E-state index in [1.54, 1.807) is 0 Å². The lowest BCUT2D eigenvalue weighted by molar-refractivity contribution is 0.0738. The second-order valence-corrected chi connectivity index (χ2v) is 8.63. The number of ether oxygens (including phenoxy) is 1. The highest BCUT2D eigenvalue weighted by molar-refractivity contribution is 6.05. The molecule has 0 bridgehead atoms. The van der Waals surface area contributed by atoms with Gasteiger partial charge in [0.25, 0.3) is 5.91 Å². The van der Waals surface area contributed by atoms with Crippen LogP contribution < -0.4 is 15.5 Å². The first-order valence-corrected chi connectivity index (χ1v) is 11.2. The fraction of sp³-hybridized carbons (Fsp3) is 0.480. The van der Waals surface area contributed by atoms with E-state index in [0.717, 1.165) is 56.0 Å². The van der Waals surface area contributed by atoms with Gasteiger partial charge in [0.15, 0.2) is 0 Å². The zero-order valence-electron chi connectivity index (χ0n) is 18.1. The molecule has 2 aliphatic rings. The van der Waals surface area contributed by atoms with Gasteiger partial charge in [0, 0.05) is 55.3 Å². The molecule has 5 heteroatoms. The van der Waals surface area contributed by atoms with Gasteiger partial charge >= 0.3 is 0 Å². The van der Waals surface area contributed by atoms with E-state index in [-0.39, 0.29) is 5.91 Å². The SMILES string of the molecule is Cc1ccc(C(=O)Nc2ccc(N3CCC(NC4CCOCC4)CC3)cc2)c(C)c1. The molecule has 1 amide bonds. The summed E-state index contributed by atoms with van der Waals surface area (Å²) in [6, 6.07) is 15.4. The number of carbonyl (C=O) groups is 1. The lowest BCUT2D eigenvalue weighted by Crippen LogP contribution is -2.47. The summed E-state index contributed by atoms with van der Waals surface area (Å²) in [4.78, 5) is 15.0. The molecule has 0 spiro atoms. The third-order valence-electron chi connectivity index (χ3n) is 6.30. The van der Waals surface area contributed by atoms with Crippen molar-refractivity contribution < 1.29 is 9.53 Å². The molecule has 160 valence electrons. The molecule has 0 aliphatic carbocycles. The van der Waals surface area contributed by atoms with E-state index in [4.69, 9.17) is 4.74 Å². The van der Waals surface area contributed by atoms with Gasteiger partial charge in [0.1, 0.15) is 0 Å². The van der Waals surface area contributed by atoms with Gasteiger partial charge in [-0.3, -0.25) is 4.79 Å². The molecule has 0 aromatic heterocycles. The summed E-state index contributed by atoms with van der Waals surface area (Å²) >= 11 is 0. The average molecular weight is 408 g/mol. The first-order chi connectivity index (χ1) is 14.6. The van der Waals surface area contributed by atoms with Crippen LogP contribution in [0.1, 0.15) is 47.2 Å². The Kier molecular flexibility index (Phi) is 6.70. The molecule has 2 aromatic carbocycles. The molecule has 2 aliphatic heterocycles. The number of aryl methyl sites for hydroxylation is 2. The van der Waals surface area contributed by atoms with Crippen molar-refractivity contribution in [3.63, 3.8) is 0 Å². The van der Waals surface area contributed by atoms with Crippen molar-refractivity contribution in [3.8, 4) is 0 Å². The van der Waals surface area contributed by atoms with E-state index in [2.05, 4.69) is 27.7 Å².